The Labute approximate surface area is 195 Å². The van der Waals surface area contributed by atoms with E-state index in [0.29, 0.717) is 0 Å². The summed E-state index contributed by atoms with van der Waals surface area (Å²) in [6.07, 6.45) is -1.76. The molecule has 0 bridgehead atoms. The van der Waals surface area contributed by atoms with Gasteiger partial charge in [0.05, 0.1) is 18.8 Å². The van der Waals surface area contributed by atoms with E-state index in [2.05, 4.69) is 10.6 Å². The number of aliphatic hydroxyl groups excluding tert-OH is 2. The molecule has 13 nitrogen and oxygen atoms in total. The predicted molar refractivity (Wildman–Crippen MR) is 119 cm³/mol. The van der Waals surface area contributed by atoms with Crippen molar-refractivity contribution in [3.63, 3.8) is 0 Å². The Balaban J connectivity index is 2.88. The molecular weight excluding hydrogens is 450 g/mol. The van der Waals surface area contributed by atoms with E-state index in [-0.39, 0.29) is 19.3 Å². The fourth-order valence-corrected chi connectivity index (χ4v) is 2.90. The van der Waals surface area contributed by atoms with E-state index < -0.39 is 66.5 Å². The van der Waals surface area contributed by atoms with Gasteiger partial charge in [-0.25, -0.2) is 4.79 Å². The maximum Gasteiger partial charge on any atom is 0.328 e. The predicted octanol–water partition coefficient (Wildman–Crippen LogP) is -3.27. The molecule has 4 amide bonds. The molecule has 0 radical (unpaired) electrons. The van der Waals surface area contributed by atoms with Crippen LogP contribution >= 0.6 is 0 Å². The summed E-state index contributed by atoms with van der Waals surface area (Å²) < 4.78 is 0. The summed E-state index contributed by atoms with van der Waals surface area (Å²) in [4.78, 5) is 59.9. The molecule has 1 aromatic rings. The third-order valence-corrected chi connectivity index (χ3v) is 4.81. The second-order valence-electron chi connectivity index (χ2n) is 7.67. The molecule has 0 saturated heterocycles. The number of hydrogen-bond acceptors (Lipinski definition) is 8. The normalized spacial score (nSPS) is 15.2. The lowest BCUT2D eigenvalue weighted by atomic mass is 10.0. The first-order valence-electron chi connectivity index (χ1n) is 10.5. The Bertz CT molecular complexity index is 864. The Kier molecular flexibility index (Phi) is 11.6. The van der Waals surface area contributed by atoms with Gasteiger partial charge in [-0.3, -0.25) is 19.2 Å². The van der Waals surface area contributed by atoms with Gasteiger partial charge in [0.25, 0.3) is 0 Å². The van der Waals surface area contributed by atoms with E-state index in [1.54, 1.807) is 30.3 Å². The van der Waals surface area contributed by atoms with Crippen LogP contribution < -0.4 is 27.4 Å². The minimum atomic E-state index is -1.68. The zero-order chi connectivity index (χ0) is 25.8. The van der Waals surface area contributed by atoms with Crippen LogP contribution in [0, 0.1) is 0 Å². The van der Waals surface area contributed by atoms with Crippen molar-refractivity contribution >= 4 is 29.6 Å². The first-order chi connectivity index (χ1) is 16.0. The summed E-state index contributed by atoms with van der Waals surface area (Å²) in [5, 5.41) is 34.7. The molecule has 10 N–H and O–H groups in total. The van der Waals surface area contributed by atoms with Gasteiger partial charge in [0.1, 0.15) is 12.1 Å². The lowest BCUT2D eigenvalue weighted by Crippen LogP contribution is -2.59. The minimum Gasteiger partial charge on any atom is -0.480 e. The van der Waals surface area contributed by atoms with Crippen LogP contribution in [-0.4, -0.2) is 81.8 Å². The number of hydrogen-bond donors (Lipinski definition) is 8. The highest BCUT2D eigenvalue weighted by Crippen LogP contribution is 2.04. The number of benzene rings is 1. The van der Waals surface area contributed by atoms with Gasteiger partial charge in [-0.2, -0.15) is 0 Å². The van der Waals surface area contributed by atoms with Crippen LogP contribution in [0.15, 0.2) is 30.3 Å². The smallest absolute Gasteiger partial charge is 0.328 e. The molecule has 1 rings (SSSR count). The van der Waals surface area contributed by atoms with Crippen LogP contribution in [0.3, 0.4) is 0 Å². The molecule has 0 fully saturated rings. The Morgan fingerprint density at radius 2 is 1.50 bits per heavy atom. The number of nitrogens with two attached hydrogens (primary N) is 2. The molecule has 0 aliphatic carbocycles. The van der Waals surface area contributed by atoms with E-state index in [9.17, 15) is 34.2 Å². The van der Waals surface area contributed by atoms with Crippen LogP contribution in [0.5, 0.6) is 0 Å². The highest BCUT2D eigenvalue weighted by atomic mass is 16.4. The number of carboxylic acid groups (broad SMARTS) is 1. The summed E-state index contributed by atoms with van der Waals surface area (Å²) in [6.45, 7) is 0.230. The van der Waals surface area contributed by atoms with Crippen molar-refractivity contribution in [2.45, 2.75) is 56.5 Å². The summed E-state index contributed by atoms with van der Waals surface area (Å²) in [7, 11) is 0. The highest BCUT2D eigenvalue weighted by Gasteiger charge is 2.31. The third kappa shape index (κ3) is 9.52. The summed E-state index contributed by atoms with van der Waals surface area (Å²) in [5.41, 5.74) is 11.8. The van der Waals surface area contributed by atoms with E-state index in [4.69, 9.17) is 16.6 Å². The maximum atomic E-state index is 12.7. The lowest BCUT2D eigenvalue weighted by molar-refractivity contribution is -0.145. The number of carboxylic acids is 1. The topological polar surface area (TPSA) is 234 Å². The molecule has 34 heavy (non-hydrogen) atoms. The number of amides is 4. The SMILES string of the molecule is CC(O)C(NC(=O)C(CO)NC(=O)C(CCC(N)=O)NC(=O)C(N)Cc1ccccc1)C(=O)O. The van der Waals surface area contributed by atoms with Gasteiger partial charge in [-0.15, -0.1) is 0 Å². The van der Waals surface area contributed by atoms with E-state index in [0.717, 1.165) is 12.5 Å². The largest absolute Gasteiger partial charge is 0.480 e. The second kappa shape index (κ2) is 13.9. The molecule has 0 spiro atoms. The molecule has 0 saturated carbocycles. The quantitative estimate of drug-likeness (QED) is 0.133. The number of carbonyl (C=O) groups excluding carboxylic acids is 4. The molecule has 0 aliphatic heterocycles. The van der Waals surface area contributed by atoms with Crippen molar-refractivity contribution in [2.75, 3.05) is 6.61 Å². The van der Waals surface area contributed by atoms with Gasteiger partial charge in [0.2, 0.25) is 23.6 Å². The highest BCUT2D eigenvalue weighted by molar-refractivity contribution is 5.94. The summed E-state index contributed by atoms with van der Waals surface area (Å²) in [6, 6.07) is 3.26. The van der Waals surface area contributed by atoms with Gasteiger partial charge < -0.3 is 42.7 Å². The number of rotatable bonds is 14. The molecule has 13 heteroatoms. The standard InChI is InChI=1S/C21H31N5O8/c1-11(28)17(21(33)34)26-20(32)15(10-27)25-19(31)14(7-8-16(23)29)24-18(30)13(22)9-12-5-3-2-4-6-12/h2-6,11,13-15,17,27-28H,7-10,22H2,1H3,(H2,23,29)(H,24,30)(H,25,31)(H,26,32)(H,33,34). The Hall–Kier alpha value is -3.55. The van der Waals surface area contributed by atoms with E-state index in [1.165, 1.54) is 0 Å². The average molecular weight is 482 g/mol. The second-order valence-corrected chi connectivity index (χ2v) is 7.67. The number of aliphatic carboxylic acids is 1. The first-order valence-corrected chi connectivity index (χ1v) is 10.5. The van der Waals surface area contributed by atoms with Gasteiger partial charge in [-0.05, 0) is 25.3 Å². The Morgan fingerprint density at radius 3 is 2.00 bits per heavy atom. The molecule has 0 aliphatic rings. The molecule has 0 aromatic heterocycles. The molecule has 1 aromatic carbocycles. The van der Waals surface area contributed by atoms with Crippen LogP contribution in [0.4, 0.5) is 0 Å². The number of nitrogens with one attached hydrogen (secondary N) is 3. The van der Waals surface area contributed by atoms with Gasteiger partial charge in [0.15, 0.2) is 6.04 Å². The van der Waals surface area contributed by atoms with Crippen molar-refractivity contribution in [1.29, 1.82) is 0 Å². The monoisotopic (exact) mass is 481 g/mol. The number of primary amides is 1. The van der Waals surface area contributed by atoms with Gasteiger partial charge in [-0.1, -0.05) is 30.3 Å². The third-order valence-electron chi connectivity index (χ3n) is 4.81. The van der Waals surface area contributed by atoms with Crippen molar-refractivity contribution in [3.8, 4) is 0 Å². The maximum absolute atomic E-state index is 12.7. The van der Waals surface area contributed by atoms with Crippen molar-refractivity contribution in [3.05, 3.63) is 35.9 Å². The van der Waals surface area contributed by atoms with Crippen LogP contribution in [0.1, 0.15) is 25.3 Å². The van der Waals surface area contributed by atoms with Crippen molar-refractivity contribution in [1.82, 2.24) is 16.0 Å². The Morgan fingerprint density at radius 1 is 0.941 bits per heavy atom. The lowest BCUT2D eigenvalue weighted by Gasteiger charge is -2.24. The molecule has 5 atom stereocenters. The van der Waals surface area contributed by atoms with Gasteiger partial charge in [0, 0.05) is 6.42 Å². The molecule has 5 unspecified atom stereocenters. The fraction of sp³-hybridized carbons (Fsp3) is 0.476. The number of carbonyl (C=O) groups is 5. The van der Waals surface area contributed by atoms with Crippen LogP contribution in [0.2, 0.25) is 0 Å². The molecule has 188 valence electrons. The fourth-order valence-electron chi connectivity index (χ4n) is 2.90. The van der Waals surface area contributed by atoms with Crippen LogP contribution in [-0.2, 0) is 30.4 Å². The summed E-state index contributed by atoms with van der Waals surface area (Å²) in [5.74, 6) is -4.97. The van der Waals surface area contributed by atoms with Gasteiger partial charge >= 0.3 is 5.97 Å². The van der Waals surface area contributed by atoms with E-state index in [1.807, 2.05) is 5.32 Å². The number of aliphatic hydroxyl groups is 2. The minimum absolute atomic E-state index is 0.175. The van der Waals surface area contributed by atoms with Crippen molar-refractivity contribution in [2.24, 2.45) is 11.5 Å². The molecular formula is C21H31N5O8. The average Bonchev–Trinajstić information content (AvgIpc) is 2.77. The summed E-state index contributed by atoms with van der Waals surface area (Å²) >= 11 is 0. The van der Waals surface area contributed by atoms with Crippen LogP contribution in [0.25, 0.3) is 0 Å². The molecule has 0 heterocycles. The van der Waals surface area contributed by atoms with E-state index >= 15 is 0 Å². The zero-order valence-corrected chi connectivity index (χ0v) is 18.6. The first kappa shape index (κ1) is 28.5. The van der Waals surface area contributed by atoms with Crippen molar-refractivity contribution < 1.29 is 39.3 Å². The zero-order valence-electron chi connectivity index (χ0n) is 18.6.